The van der Waals surface area contributed by atoms with Crippen molar-refractivity contribution in [2.45, 2.75) is 26.7 Å². The van der Waals surface area contributed by atoms with E-state index in [9.17, 15) is 4.79 Å². The van der Waals surface area contributed by atoms with Crippen molar-refractivity contribution >= 4 is 23.4 Å². The van der Waals surface area contributed by atoms with Gasteiger partial charge in [0.25, 0.3) is 0 Å². The van der Waals surface area contributed by atoms with E-state index in [-0.39, 0.29) is 10.6 Å². The maximum absolute atomic E-state index is 11.1. The van der Waals surface area contributed by atoms with Crippen molar-refractivity contribution in [3.63, 3.8) is 0 Å². The predicted molar refractivity (Wildman–Crippen MR) is 76.0 cm³/mol. The van der Waals surface area contributed by atoms with Crippen LogP contribution in [-0.4, -0.2) is 29.1 Å². The molecule has 104 valence electrons. The second kappa shape index (κ2) is 5.78. The molecular formula is C14H19ClN2O2. The first kappa shape index (κ1) is 14.1. The van der Waals surface area contributed by atoms with E-state index in [1.165, 1.54) is 6.20 Å². The Balaban J connectivity index is 2.12. The van der Waals surface area contributed by atoms with Crippen LogP contribution in [0.25, 0.3) is 0 Å². The lowest BCUT2D eigenvalue weighted by molar-refractivity contribution is 0.0697. The lowest BCUT2D eigenvalue weighted by Crippen LogP contribution is -2.35. The van der Waals surface area contributed by atoms with E-state index in [4.69, 9.17) is 16.7 Å². The van der Waals surface area contributed by atoms with Crippen molar-refractivity contribution in [2.75, 3.05) is 18.0 Å². The third-order valence-electron chi connectivity index (χ3n) is 3.88. The molecule has 5 heteroatoms. The Bertz CT molecular complexity index is 469. The van der Waals surface area contributed by atoms with Gasteiger partial charge in [0.15, 0.2) is 0 Å². The SMILES string of the molecule is CC(C)C1CCN(c2cc(C(=O)O)c(Cl)cn2)CC1. The van der Waals surface area contributed by atoms with Crippen LogP contribution in [0.2, 0.25) is 5.02 Å². The predicted octanol–water partition coefficient (Wildman–Crippen LogP) is 3.31. The topological polar surface area (TPSA) is 53.4 Å². The van der Waals surface area contributed by atoms with Gasteiger partial charge in [-0.2, -0.15) is 0 Å². The quantitative estimate of drug-likeness (QED) is 0.924. The lowest BCUT2D eigenvalue weighted by atomic mass is 9.87. The molecular weight excluding hydrogens is 264 g/mol. The average Bonchev–Trinajstić information content (AvgIpc) is 2.39. The largest absolute Gasteiger partial charge is 0.478 e. The number of hydrogen-bond donors (Lipinski definition) is 1. The second-order valence-corrected chi connectivity index (χ2v) is 5.80. The fraction of sp³-hybridized carbons (Fsp3) is 0.571. The molecule has 1 saturated heterocycles. The lowest BCUT2D eigenvalue weighted by Gasteiger charge is -2.34. The summed E-state index contributed by atoms with van der Waals surface area (Å²) in [6.07, 6.45) is 3.68. The number of rotatable bonds is 3. The van der Waals surface area contributed by atoms with Crippen molar-refractivity contribution in [3.8, 4) is 0 Å². The number of hydrogen-bond acceptors (Lipinski definition) is 3. The number of nitrogens with zero attached hydrogens (tertiary/aromatic N) is 2. The number of piperidine rings is 1. The maximum Gasteiger partial charge on any atom is 0.337 e. The molecule has 0 atom stereocenters. The van der Waals surface area contributed by atoms with Crippen LogP contribution < -0.4 is 4.90 Å². The Morgan fingerprint density at radius 1 is 1.47 bits per heavy atom. The standard InChI is InChI=1S/C14H19ClN2O2/c1-9(2)10-3-5-17(6-4-10)13-7-11(14(18)19)12(15)8-16-13/h7-10H,3-6H2,1-2H3,(H,18,19). The number of aromatic carboxylic acids is 1. The van der Waals surface area contributed by atoms with Gasteiger partial charge in [-0.3, -0.25) is 0 Å². The smallest absolute Gasteiger partial charge is 0.337 e. The van der Waals surface area contributed by atoms with Crippen LogP contribution in [0.3, 0.4) is 0 Å². The minimum Gasteiger partial charge on any atom is -0.478 e. The molecule has 1 aliphatic rings. The summed E-state index contributed by atoms with van der Waals surface area (Å²) in [7, 11) is 0. The molecule has 1 aromatic rings. The van der Waals surface area contributed by atoms with E-state index in [2.05, 4.69) is 23.7 Å². The Hall–Kier alpha value is -1.29. The highest BCUT2D eigenvalue weighted by molar-refractivity contribution is 6.33. The van der Waals surface area contributed by atoms with E-state index >= 15 is 0 Å². The molecule has 1 fully saturated rings. The van der Waals surface area contributed by atoms with Gasteiger partial charge >= 0.3 is 5.97 Å². The van der Waals surface area contributed by atoms with Crippen molar-refractivity contribution in [1.29, 1.82) is 0 Å². The Kier molecular flexibility index (Phi) is 4.30. The summed E-state index contributed by atoms with van der Waals surface area (Å²) in [6.45, 7) is 6.36. The zero-order chi connectivity index (χ0) is 14.0. The zero-order valence-corrected chi connectivity index (χ0v) is 12.0. The van der Waals surface area contributed by atoms with Crippen LogP contribution in [0.1, 0.15) is 37.0 Å². The van der Waals surface area contributed by atoms with E-state index in [1.807, 2.05) is 0 Å². The van der Waals surface area contributed by atoms with Crippen LogP contribution in [0.15, 0.2) is 12.3 Å². The number of carboxylic acid groups (broad SMARTS) is 1. The van der Waals surface area contributed by atoms with Crippen molar-refractivity contribution in [3.05, 3.63) is 22.8 Å². The van der Waals surface area contributed by atoms with Gasteiger partial charge < -0.3 is 10.0 Å². The van der Waals surface area contributed by atoms with Crippen LogP contribution >= 0.6 is 11.6 Å². The first-order chi connectivity index (χ1) is 8.99. The van der Waals surface area contributed by atoms with Crippen molar-refractivity contribution in [1.82, 2.24) is 4.98 Å². The molecule has 19 heavy (non-hydrogen) atoms. The third kappa shape index (κ3) is 3.18. The molecule has 0 spiro atoms. The molecule has 0 aliphatic carbocycles. The van der Waals surface area contributed by atoms with Gasteiger partial charge in [-0.05, 0) is 30.7 Å². The summed E-state index contributed by atoms with van der Waals surface area (Å²) >= 11 is 5.83. The Labute approximate surface area is 118 Å². The molecule has 1 aliphatic heterocycles. The number of carboxylic acids is 1. The average molecular weight is 283 g/mol. The van der Waals surface area contributed by atoms with Crippen LogP contribution in [0.5, 0.6) is 0 Å². The number of carbonyl (C=O) groups is 1. The zero-order valence-electron chi connectivity index (χ0n) is 11.3. The van der Waals surface area contributed by atoms with Gasteiger partial charge in [0.05, 0.1) is 10.6 Å². The summed E-state index contributed by atoms with van der Waals surface area (Å²) in [4.78, 5) is 17.5. The normalized spacial score (nSPS) is 16.9. The summed E-state index contributed by atoms with van der Waals surface area (Å²) in [5.41, 5.74) is 0.123. The highest BCUT2D eigenvalue weighted by Gasteiger charge is 2.23. The molecule has 0 saturated carbocycles. The molecule has 1 N–H and O–H groups in total. The van der Waals surface area contributed by atoms with Gasteiger partial charge in [-0.15, -0.1) is 0 Å². The molecule has 0 bridgehead atoms. The minimum absolute atomic E-state index is 0.123. The van der Waals surface area contributed by atoms with Gasteiger partial charge in [0, 0.05) is 19.3 Å². The van der Waals surface area contributed by atoms with Crippen LogP contribution in [0.4, 0.5) is 5.82 Å². The fourth-order valence-corrected chi connectivity index (χ4v) is 2.74. The first-order valence-electron chi connectivity index (χ1n) is 6.63. The maximum atomic E-state index is 11.1. The summed E-state index contributed by atoms with van der Waals surface area (Å²) in [5.74, 6) is 1.16. The number of halogens is 1. The van der Waals surface area contributed by atoms with E-state index in [1.54, 1.807) is 6.07 Å². The monoisotopic (exact) mass is 282 g/mol. The van der Waals surface area contributed by atoms with Crippen molar-refractivity contribution in [2.24, 2.45) is 11.8 Å². The van der Waals surface area contributed by atoms with Crippen LogP contribution in [0, 0.1) is 11.8 Å². The highest BCUT2D eigenvalue weighted by atomic mass is 35.5. The number of anilines is 1. The number of aromatic nitrogens is 1. The fourth-order valence-electron chi connectivity index (χ4n) is 2.56. The molecule has 1 aromatic heterocycles. The molecule has 0 radical (unpaired) electrons. The molecule has 2 rings (SSSR count). The molecule has 0 amide bonds. The van der Waals surface area contributed by atoms with Gasteiger partial charge in [0.2, 0.25) is 0 Å². The molecule has 0 aromatic carbocycles. The highest BCUT2D eigenvalue weighted by Crippen LogP contribution is 2.28. The van der Waals surface area contributed by atoms with Gasteiger partial charge in [-0.1, -0.05) is 25.4 Å². The van der Waals surface area contributed by atoms with E-state index in [0.29, 0.717) is 11.7 Å². The summed E-state index contributed by atoms with van der Waals surface area (Å²) < 4.78 is 0. The Morgan fingerprint density at radius 3 is 2.63 bits per heavy atom. The van der Waals surface area contributed by atoms with E-state index < -0.39 is 5.97 Å². The van der Waals surface area contributed by atoms with Gasteiger partial charge in [-0.25, -0.2) is 9.78 Å². The van der Waals surface area contributed by atoms with E-state index in [0.717, 1.165) is 31.8 Å². The van der Waals surface area contributed by atoms with Crippen molar-refractivity contribution < 1.29 is 9.90 Å². The Morgan fingerprint density at radius 2 is 2.11 bits per heavy atom. The summed E-state index contributed by atoms with van der Waals surface area (Å²) in [5, 5.41) is 9.26. The molecule has 2 heterocycles. The third-order valence-corrected chi connectivity index (χ3v) is 4.18. The van der Waals surface area contributed by atoms with Gasteiger partial charge in [0.1, 0.15) is 5.82 Å². The minimum atomic E-state index is -1.01. The first-order valence-corrected chi connectivity index (χ1v) is 7.00. The number of pyridine rings is 1. The molecule has 0 unspecified atom stereocenters. The summed E-state index contributed by atoms with van der Waals surface area (Å²) in [6, 6.07) is 1.57. The van der Waals surface area contributed by atoms with Crippen LogP contribution in [-0.2, 0) is 0 Å². The molecule has 4 nitrogen and oxygen atoms in total. The second-order valence-electron chi connectivity index (χ2n) is 5.40.